The quantitative estimate of drug-likeness (QED) is 0.610. The van der Waals surface area contributed by atoms with Gasteiger partial charge < -0.3 is 10.4 Å². The lowest BCUT2D eigenvalue weighted by Crippen LogP contribution is -2.43. The van der Waals surface area contributed by atoms with E-state index in [1.807, 2.05) is 0 Å². The topological polar surface area (TPSA) is 141 Å². The van der Waals surface area contributed by atoms with Gasteiger partial charge in [-0.1, -0.05) is 0 Å². The lowest BCUT2D eigenvalue weighted by Gasteiger charge is -2.30. The van der Waals surface area contributed by atoms with Gasteiger partial charge >= 0.3 is 5.97 Å². The number of piperidine rings is 2. The molecule has 2 aliphatic rings. The van der Waals surface area contributed by atoms with Gasteiger partial charge in [-0.05, 0) is 49.9 Å². The third kappa shape index (κ3) is 8.65. The average Bonchev–Trinajstić information content (AvgIpc) is 2.75. The number of halogens is 1. The Morgan fingerprint density at radius 1 is 0.909 bits per heavy atom. The molecule has 2 heterocycles. The van der Waals surface area contributed by atoms with E-state index in [0.717, 1.165) is 12.5 Å². The summed E-state index contributed by atoms with van der Waals surface area (Å²) in [4.78, 5) is 22.7. The second-order valence-corrected chi connectivity index (χ2v) is 12.2. The SMILES string of the molecule is CS(=O)(=O)N1CCC[C@H](C(=O)Nc2ccc(F)cc2)C1.CS(=O)(=O)N1CCC[C@H](C(=O)O)C1. The Kier molecular flexibility index (Phi) is 9.35. The van der Waals surface area contributed by atoms with Crippen LogP contribution in [-0.2, 0) is 29.6 Å². The molecule has 0 radical (unpaired) electrons. The molecule has 2 atom stereocenters. The molecule has 0 spiro atoms. The number of carboxylic acid groups (broad SMARTS) is 1. The summed E-state index contributed by atoms with van der Waals surface area (Å²) in [6.07, 6.45) is 4.77. The predicted molar refractivity (Wildman–Crippen MR) is 121 cm³/mol. The Balaban J connectivity index is 0.000000257. The Morgan fingerprint density at radius 2 is 1.36 bits per heavy atom. The van der Waals surface area contributed by atoms with Crippen molar-refractivity contribution in [1.29, 1.82) is 0 Å². The third-order valence-electron chi connectivity index (χ3n) is 5.54. The standard InChI is InChI=1S/C13H17FN2O3S.C7H13NO4S/c1-20(18,19)16-8-2-3-10(9-16)13(17)15-12-6-4-11(14)5-7-12;1-13(11,12)8-4-2-3-6(5-8)7(9)10/h4-7,10H,2-3,8-9H2,1H3,(H,15,17);6H,2-5H2,1H3,(H,9,10)/t10-;6-/m00/s1. The van der Waals surface area contributed by atoms with Crippen LogP contribution in [0.5, 0.6) is 0 Å². The van der Waals surface area contributed by atoms with E-state index in [0.29, 0.717) is 44.5 Å². The van der Waals surface area contributed by atoms with E-state index < -0.39 is 31.9 Å². The normalized spacial score (nSPS) is 22.6. The number of sulfonamides is 2. The van der Waals surface area contributed by atoms with Crippen molar-refractivity contribution in [1.82, 2.24) is 8.61 Å². The number of hydrogen-bond donors (Lipinski definition) is 2. The summed E-state index contributed by atoms with van der Waals surface area (Å²) < 4.78 is 60.5. The summed E-state index contributed by atoms with van der Waals surface area (Å²) in [5.41, 5.74) is 0.507. The molecule has 10 nitrogen and oxygen atoms in total. The van der Waals surface area contributed by atoms with E-state index in [1.165, 1.54) is 32.9 Å². The van der Waals surface area contributed by atoms with Gasteiger partial charge in [0.15, 0.2) is 0 Å². The van der Waals surface area contributed by atoms with Crippen molar-refractivity contribution in [3.8, 4) is 0 Å². The number of amides is 1. The van der Waals surface area contributed by atoms with Gasteiger partial charge in [-0.2, -0.15) is 0 Å². The molecule has 2 saturated heterocycles. The van der Waals surface area contributed by atoms with E-state index in [-0.39, 0.29) is 30.7 Å². The van der Waals surface area contributed by atoms with Crippen LogP contribution in [0.4, 0.5) is 10.1 Å². The second-order valence-electron chi connectivity index (χ2n) is 8.25. The van der Waals surface area contributed by atoms with Crippen molar-refractivity contribution >= 4 is 37.6 Å². The van der Waals surface area contributed by atoms with Crippen molar-refractivity contribution in [3.63, 3.8) is 0 Å². The minimum absolute atomic E-state index is 0.119. The second kappa shape index (κ2) is 11.4. The highest BCUT2D eigenvalue weighted by Gasteiger charge is 2.31. The Hall–Kier alpha value is -2.09. The maximum absolute atomic E-state index is 12.8. The number of carboxylic acids is 1. The van der Waals surface area contributed by atoms with Gasteiger partial charge in [0.05, 0.1) is 24.3 Å². The molecule has 186 valence electrons. The molecular weight excluding hydrogens is 477 g/mol. The number of benzene rings is 1. The van der Waals surface area contributed by atoms with E-state index >= 15 is 0 Å². The third-order valence-corrected chi connectivity index (χ3v) is 8.08. The van der Waals surface area contributed by atoms with Crippen LogP contribution in [0.3, 0.4) is 0 Å². The molecule has 3 rings (SSSR count). The smallest absolute Gasteiger partial charge is 0.307 e. The number of aliphatic carboxylic acids is 1. The van der Waals surface area contributed by atoms with E-state index in [2.05, 4.69) is 5.32 Å². The molecule has 1 amide bonds. The lowest BCUT2D eigenvalue weighted by molar-refractivity contribution is -0.142. The Bertz CT molecular complexity index is 1050. The van der Waals surface area contributed by atoms with Crippen LogP contribution >= 0.6 is 0 Å². The zero-order valence-corrected chi connectivity index (χ0v) is 20.2. The van der Waals surface area contributed by atoms with Gasteiger partial charge in [0.1, 0.15) is 5.82 Å². The average molecular weight is 508 g/mol. The van der Waals surface area contributed by atoms with Crippen molar-refractivity contribution in [2.45, 2.75) is 25.7 Å². The molecular formula is C20H30FN3O7S2. The van der Waals surface area contributed by atoms with E-state index in [9.17, 15) is 30.8 Å². The van der Waals surface area contributed by atoms with Crippen molar-refractivity contribution in [2.75, 3.05) is 44.0 Å². The molecule has 33 heavy (non-hydrogen) atoms. The van der Waals surface area contributed by atoms with Crippen molar-refractivity contribution in [2.24, 2.45) is 11.8 Å². The summed E-state index contributed by atoms with van der Waals surface area (Å²) in [6.45, 7) is 1.22. The van der Waals surface area contributed by atoms with Crippen LogP contribution in [0.2, 0.25) is 0 Å². The molecule has 0 unspecified atom stereocenters. The first-order valence-electron chi connectivity index (χ1n) is 10.5. The fourth-order valence-corrected chi connectivity index (χ4v) is 5.50. The maximum atomic E-state index is 12.8. The van der Waals surface area contributed by atoms with Crippen LogP contribution in [0.1, 0.15) is 25.7 Å². The van der Waals surface area contributed by atoms with Gasteiger partial charge in [-0.3, -0.25) is 9.59 Å². The molecule has 0 bridgehead atoms. The zero-order valence-electron chi connectivity index (χ0n) is 18.6. The van der Waals surface area contributed by atoms with Crippen LogP contribution in [0, 0.1) is 17.7 Å². The summed E-state index contributed by atoms with van der Waals surface area (Å²) in [7, 11) is -6.49. The first-order valence-corrected chi connectivity index (χ1v) is 14.2. The monoisotopic (exact) mass is 507 g/mol. The molecule has 0 saturated carbocycles. The zero-order chi connectivity index (χ0) is 24.8. The summed E-state index contributed by atoms with van der Waals surface area (Å²) in [5, 5.41) is 11.4. The van der Waals surface area contributed by atoms with Crippen LogP contribution in [-0.4, -0.2) is 81.1 Å². The minimum atomic E-state index is -3.27. The first kappa shape index (κ1) is 27.2. The van der Waals surface area contributed by atoms with Crippen molar-refractivity contribution in [3.05, 3.63) is 30.1 Å². The maximum Gasteiger partial charge on any atom is 0.307 e. The largest absolute Gasteiger partial charge is 0.481 e. The summed E-state index contributed by atoms with van der Waals surface area (Å²) >= 11 is 0. The number of rotatable bonds is 5. The Morgan fingerprint density at radius 3 is 1.82 bits per heavy atom. The lowest BCUT2D eigenvalue weighted by atomic mass is 9.99. The predicted octanol–water partition coefficient (Wildman–Crippen LogP) is 1.18. The number of nitrogens with one attached hydrogen (secondary N) is 1. The van der Waals surface area contributed by atoms with Gasteiger partial charge in [0.2, 0.25) is 26.0 Å². The number of carbonyl (C=O) groups is 2. The molecule has 0 aromatic heterocycles. The summed E-state index contributed by atoms with van der Waals surface area (Å²) in [5.74, 6) is -2.42. The van der Waals surface area contributed by atoms with Crippen LogP contribution < -0.4 is 5.32 Å². The fourth-order valence-electron chi connectivity index (χ4n) is 3.68. The van der Waals surface area contributed by atoms with Gasteiger partial charge in [-0.15, -0.1) is 0 Å². The Labute approximate surface area is 193 Å². The minimum Gasteiger partial charge on any atom is -0.481 e. The first-order chi connectivity index (χ1) is 15.3. The van der Waals surface area contributed by atoms with Crippen LogP contribution in [0.25, 0.3) is 0 Å². The van der Waals surface area contributed by atoms with E-state index in [4.69, 9.17) is 5.11 Å². The molecule has 2 aliphatic heterocycles. The number of anilines is 1. The van der Waals surface area contributed by atoms with Gasteiger partial charge in [-0.25, -0.2) is 29.8 Å². The highest BCUT2D eigenvalue weighted by molar-refractivity contribution is 7.88. The number of nitrogens with zero attached hydrogens (tertiary/aromatic N) is 2. The molecule has 2 fully saturated rings. The fraction of sp³-hybridized carbons (Fsp3) is 0.600. The summed E-state index contributed by atoms with van der Waals surface area (Å²) in [6, 6.07) is 5.48. The highest BCUT2D eigenvalue weighted by Crippen LogP contribution is 2.21. The molecule has 1 aromatic carbocycles. The molecule has 0 aliphatic carbocycles. The van der Waals surface area contributed by atoms with Crippen LogP contribution in [0.15, 0.2) is 24.3 Å². The van der Waals surface area contributed by atoms with Crippen molar-refractivity contribution < 1.29 is 35.9 Å². The van der Waals surface area contributed by atoms with Gasteiger partial charge in [0, 0.05) is 31.9 Å². The molecule has 2 N–H and O–H groups in total. The number of carbonyl (C=O) groups excluding carboxylic acids is 1. The molecule has 13 heteroatoms. The number of hydrogen-bond acceptors (Lipinski definition) is 6. The highest BCUT2D eigenvalue weighted by atomic mass is 32.2. The van der Waals surface area contributed by atoms with Gasteiger partial charge in [0.25, 0.3) is 0 Å². The van der Waals surface area contributed by atoms with E-state index in [1.54, 1.807) is 0 Å². The molecule has 1 aromatic rings.